The first-order valence-corrected chi connectivity index (χ1v) is 8.90. The molecule has 0 fully saturated rings. The summed E-state index contributed by atoms with van der Waals surface area (Å²) in [6.07, 6.45) is -4.54. The van der Waals surface area contributed by atoms with Crippen LogP contribution in [0.4, 0.5) is 13.2 Å². The molecule has 148 valence electrons. The molecule has 0 aliphatic carbocycles. The molecule has 29 heavy (non-hydrogen) atoms. The maximum atomic E-state index is 12.9. The predicted molar refractivity (Wildman–Crippen MR) is 103 cm³/mol. The molecule has 1 heterocycles. The number of carbonyl (C=O) groups is 1. The van der Waals surface area contributed by atoms with Crippen molar-refractivity contribution in [3.05, 3.63) is 74.4 Å². The molecule has 0 bridgehead atoms. The fourth-order valence-corrected chi connectivity index (χ4v) is 3.46. The van der Waals surface area contributed by atoms with Gasteiger partial charge in [0, 0.05) is 5.02 Å². The normalized spacial score (nSPS) is 11.3. The third-order valence-electron chi connectivity index (χ3n) is 4.09. The molecule has 0 spiro atoms. The molecule has 10 heteroatoms. The van der Waals surface area contributed by atoms with Gasteiger partial charge >= 0.3 is 12.1 Å². The van der Waals surface area contributed by atoms with Crippen molar-refractivity contribution in [1.29, 1.82) is 5.26 Å². The number of rotatable bonds is 3. The summed E-state index contributed by atoms with van der Waals surface area (Å²) in [5.41, 5.74) is -0.966. The second kappa shape index (κ2) is 7.64. The molecule has 0 aliphatic heterocycles. The maximum Gasteiger partial charge on any atom is 0.416 e. The predicted octanol–water partition coefficient (Wildman–Crippen LogP) is 6.69. The standard InChI is InChI=1S/C19H8Cl3F3N2O2/c20-11-5-6-12(18(28)29)14(7-11)27-16(13(8-26)15(21)17(27)22)9-1-3-10(4-2-9)19(23,24)25/h1-7H,(H,28,29). The lowest BCUT2D eigenvalue weighted by Gasteiger charge is -2.15. The second-order valence-corrected chi connectivity index (χ2v) is 6.99. The summed E-state index contributed by atoms with van der Waals surface area (Å²) in [5, 5.41) is 18.9. The third kappa shape index (κ3) is 3.79. The van der Waals surface area contributed by atoms with Gasteiger partial charge in [0.15, 0.2) is 0 Å². The monoisotopic (exact) mass is 458 g/mol. The van der Waals surface area contributed by atoms with E-state index in [1.807, 2.05) is 6.07 Å². The molecular formula is C19H8Cl3F3N2O2. The molecule has 0 saturated heterocycles. The van der Waals surface area contributed by atoms with Crippen LogP contribution in [-0.2, 0) is 6.18 Å². The SMILES string of the molecule is N#Cc1c(Cl)c(Cl)n(-c2cc(Cl)ccc2C(=O)O)c1-c1ccc(C(F)(F)F)cc1. The third-order valence-corrected chi connectivity index (χ3v) is 5.14. The van der Waals surface area contributed by atoms with Gasteiger partial charge in [-0.3, -0.25) is 4.57 Å². The average molecular weight is 460 g/mol. The zero-order valence-corrected chi connectivity index (χ0v) is 16.3. The molecular weight excluding hydrogens is 452 g/mol. The lowest BCUT2D eigenvalue weighted by atomic mass is 10.0. The van der Waals surface area contributed by atoms with Crippen LogP contribution < -0.4 is 0 Å². The van der Waals surface area contributed by atoms with E-state index in [1.54, 1.807) is 0 Å². The molecule has 1 N–H and O–H groups in total. The van der Waals surface area contributed by atoms with Crippen LogP contribution >= 0.6 is 34.8 Å². The van der Waals surface area contributed by atoms with Crippen LogP contribution in [0.3, 0.4) is 0 Å². The molecule has 3 aromatic rings. The molecule has 0 atom stereocenters. The van der Waals surface area contributed by atoms with Crippen molar-refractivity contribution in [2.75, 3.05) is 0 Å². The van der Waals surface area contributed by atoms with E-state index in [-0.39, 0.29) is 43.3 Å². The van der Waals surface area contributed by atoms with Gasteiger partial charge in [0.25, 0.3) is 0 Å². The van der Waals surface area contributed by atoms with E-state index in [2.05, 4.69) is 0 Å². The summed E-state index contributed by atoms with van der Waals surface area (Å²) in [6, 6.07) is 9.74. The molecule has 0 radical (unpaired) electrons. The van der Waals surface area contributed by atoms with Gasteiger partial charge < -0.3 is 5.11 Å². The smallest absolute Gasteiger partial charge is 0.416 e. The van der Waals surface area contributed by atoms with Gasteiger partial charge in [0.2, 0.25) is 0 Å². The molecule has 3 rings (SSSR count). The molecule has 0 aliphatic rings. The first kappa shape index (κ1) is 21.1. The van der Waals surface area contributed by atoms with Gasteiger partial charge in [0.1, 0.15) is 11.2 Å². The van der Waals surface area contributed by atoms with Crippen LogP contribution in [0, 0.1) is 11.3 Å². The number of hydrogen-bond acceptors (Lipinski definition) is 2. The lowest BCUT2D eigenvalue weighted by Crippen LogP contribution is -2.07. The highest BCUT2D eigenvalue weighted by Crippen LogP contribution is 2.41. The molecule has 4 nitrogen and oxygen atoms in total. The summed E-state index contributed by atoms with van der Waals surface area (Å²) in [5.74, 6) is -1.30. The molecule has 0 saturated carbocycles. The van der Waals surface area contributed by atoms with Crippen molar-refractivity contribution in [3.63, 3.8) is 0 Å². The van der Waals surface area contributed by atoms with E-state index >= 15 is 0 Å². The molecule has 2 aromatic carbocycles. The van der Waals surface area contributed by atoms with Crippen LogP contribution in [0.5, 0.6) is 0 Å². The van der Waals surface area contributed by atoms with Crippen molar-refractivity contribution in [3.8, 4) is 23.0 Å². The Labute approximate surface area is 177 Å². The first-order chi connectivity index (χ1) is 13.6. The Kier molecular flexibility index (Phi) is 5.54. The van der Waals surface area contributed by atoms with Gasteiger partial charge in [-0.1, -0.05) is 46.9 Å². The Bertz CT molecular complexity index is 1160. The Morgan fingerprint density at radius 2 is 1.69 bits per heavy atom. The van der Waals surface area contributed by atoms with Crippen LogP contribution in [0.25, 0.3) is 16.9 Å². The van der Waals surface area contributed by atoms with Crippen molar-refractivity contribution < 1.29 is 23.1 Å². The molecule has 0 unspecified atom stereocenters. The molecule has 1 aromatic heterocycles. The van der Waals surface area contributed by atoms with Crippen LogP contribution in [0.1, 0.15) is 21.5 Å². The van der Waals surface area contributed by atoms with E-state index < -0.39 is 17.7 Å². The van der Waals surface area contributed by atoms with E-state index in [4.69, 9.17) is 34.8 Å². The number of aromatic carboxylic acids is 1. The topological polar surface area (TPSA) is 66.0 Å². The fraction of sp³-hybridized carbons (Fsp3) is 0.0526. The van der Waals surface area contributed by atoms with Gasteiger partial charge in [0.05, 0.1) is 33.1 Å². The Hall–Kier alpha value is -2.66. The number of alkyl halides is 3. The van der Waals surface area contributed by atoms with Crippen LogP contribution in [0.2, 0.25) is 15.2 Å². The number of carboxylic acid groups (broad SMARTS) is 1. The Morgan fingerprint density at radius 1 is 1.07 bits per heavy atom. The summed E-state index contributed by atoms with van der Waals surface area (Å²) in [6.45, 7) is 0. The van der Waals surface area contributed by atoms with E-state index in [0.717, 1.165) is 24.3 Å². The first-order valence-electron chi connectivity index (χ1n) is 7.77. The fourth-order valence-electron chi connectivity index (χ4n) is 2.80. The summed E-state index contributed by atoms with van der Waals surface area (Å²) < 4.78 is 39.8. The largest absolute Gasteiger partial charge is 0.478 e. The number of aromatic nitrogens is 1. The highest BCUT2D eigenvalue weighted by molar-refractivity contribution is 6.43. The summed E-state index contributed by atoms with van der Waals surface area (Å²) >= 11 is 18.4. The van der Waals surface area contributed by atoms with E-state index in [9.17, 15) is 28.3 Å². The summed E-state index contributed by atoms with van der Waals surface area (Å²) in [7, 11) is 0. The van der Waals surface area contributed by atoms with Crippen LogP contribution in [0.15, 0.2) is 42.5 Å². The zero-order chi connectivity index (χ0) is 21.5. The second-order valence-electron chi connectivity index (χ2n) is 5.82. The number of benzene rings is 2. The minimum atomic E-state index is -4.54. The van der Waals surface area contributed by atoms with E-state index in [0.29, 0.717) is 0 Å². The van der Waals surface area contributed by atoms with Crippen molar-refractivity contribution in [1.82, 2.24) is 4.57 Å². The summed E-state index contributed by atoms with van der Waals surface area (Å²) in [4.78, 5) is 11.7. The number of hydrogen-bond donors (Lipinski definition) is 1. The highest BCUT2D eigenvalue weighted by Gasteiger charge is 2.31. The Balaban J connectivity index is 2.36. The van der Waals surface area contributed by atoms with E-state index in [1.165, 1.54) is 22.8 Å². The van der Waals surface area contributed by atoms with Crippen LogP contribution in [-0.4, -0.2) is 15.6 Å². The molecule has 0 amide bonds. The minimum Gasteiger partial charge on any atom is -0.478 e. The maximum absolute atomic E-state index is 12.9. The average Bonchev–Trinajstić information content (AvgIpc) is 2.91. The van der Waals surface area contributed by atoms with Gasteiger partial charge in [-0.05, 0) is 35.9 Å². The van der Waals surface area contributed by atoms with Crippen molar-refractivity contribution >= 4 is 40.8 Å². The quantitative estimate of drug-likeness (QED) is 0.474. The highest BCUT2D eigenvalue weighted by atomic mass is 35.5. The number of nitrogens with zero attached hydrogens (tertiary/aromatic N) is 2. The zero-order valence-electron chi connectivity index (χ0n) is 14.1. The van der Waals surface area contributed by atoms with Crippen molar-refractivity contribution in [2.45, 2.75) is 6.18 Å². The number of nitriles is 1. The number of halogens is 6. The number of carboxylic acids is 1. The minimum absolute atomic E-state index is 0.00768. The lowest BCUT2D eigenvalue weighted by molar-refractivity contribution is -0.137. The van der Waals surface area contributed by atoms with Gasteiger partial charge in [-0.25, -0.2) is 4.79 Å². The van der Waals surface area contributed by atoms with Crippen molar-refractivity contribution in [2.24, 2.45) is 0 Å². The Morgan fingerprint density at radius 3 is 2.21 bits per heavy atom. The van der Waals surface area contributed by atoms with Gasteiger partial charge in [-0.15, -0.1) is 0 Å². The van der Waals surface area contributed by atoms with Gasteiger partial charge in [-0.2, -0.15) is 18.4 Å².